The monoisotopic (exact) mass is 267 g/mol. The van der Waals surface area contributed by atoms with Crippen LogP contribution in [0.3, 0.4) is 0 Å². The molecule has 1 atom stereocenters. The number of aliphatic carboxylic acids is 1. The van der Waals surface area contributed by atoms with Crippen LogP contribution < -0.4 is 4.90 Å². The Labute approximate surface area is 111 Å². The number of rotatable bonds is 4. The van der Waals surface area contributed by atoms with Crippen LogP contribution in [0.2, 0.25) is 0 Å². The van der Waals surface area contributed by atoms with Crippen molar-refractivity contribution < 1.29 is 14.3 Å². The van der Waals surface area contributed by atoms with Crippen LogP contribution in [-0.4, -0.2) is 34.1 Å². The molecule has 0 spiro atoms. The van der Waals surface area contributed by atoms with Gasteiger partial charge in [-0.05, 0) is 19.3 Å². The van der Waals surface area contributed by atoms with Gasteiger partial charge in [0.15, 0.2) is 11.6 Å². The van der Waals surface area contributed by atoms with Gasteiger partial charge in [0.1, 0.15) is 6.33 Å². The van der Waals surface area contributed by atoms with Crippen molar-refractivity contribution in [1.29, 1.82) is 0 Å². The molecule has 1 aromatic heterocycles. The van der Waals surface area contributed by atoms with Crippen LogP contribution in [0.5, 0.6) is 0 Å². The molecule has 2 heterocycles. The molecular formula is C13H18FN3O2. The highest BCUT2D eigenvalue weighted by molar-refractivity contribution is 5.76. The molecule has 6 heteroatoms. The number of aromatic nitrogens is 2. The summed E-state index contributed by atoms with van der Waals surface area (Å²) in [5.74, 6) is -1.02. The van der Waals surface area contributed by atoms with Crippen LogP contribution in [0.4, 0.5) is 10.2 Å². The number of aryl methyl sites for hydroxylation is 1. The van der Waals surface area contributed by atoms with Gasteiger partial charge in [-0.15, -0.1) is 0 Å². The maximum atomic E-state index is 14.2. The molecule has 0 radical (unpaired) electrons. The first-order valence-electron chi connectivity index (χ1n) is 6.51. The van der Waals surface area contributed by atoms with Crippen LogP contribution in [0, 0.1) is 11.2 Å². The summed E-state index contributed by atoms with van der Waals surface area (Å²) in [6.45, 7) is 4.49. The van der Waals surface area contributed by atoms with Gasteiger partial charge >= 0.3 is 5.97 Å². The van der Waals surface area contributed by atoms with E-state index in [0.29, 0.717) is 38.0 Å². The van der Waals surface area contributed by atoms with Crippen molar-refractivity contribution in [2.24, 2.45) is 5.41 Å². The molecule has 1 aliphatic heterocycles. The molecule has 104 valence electrons. The Balaban J connectivity index is 2.29. The molecular weight excluding hydrogens is 249 g/mol. The Morgan fingerprint density at radius 1 is 1.53 bits per heavy atom. The van der Waals surface area contributed by atoms with Crippen molar-refractivity contribution in [3.05, 3.63) is 17.8 Å². The fourth-order valence-electron chi connectivity index (χ4n) is 2.53. The summed E-state index contributed by atoms with van der Waals surface area (Å²) < 4.78 is 14.2. The third-order valence-electron chi connectivity index (χ3n) is 3.96. The number of nitrogens with zero attached hydrogens (tertiary/aromatic N) is 3. The van der Waals surface area contributed by atoms with Crippen molar-refractivity contribution in [2.75, 3.05) is 18.0 Å². The second kappa shape index (κ2) is 5.11. The Hall–Kier alpha value is -1.72. The molecule has 0 aliphatic carbocycles. The number of anilines is 1. The number of hydrogen-bond donors (Lipinski definition) is 1. The minimum absolute atomic E-state index is 0.225. The Morgan fingerprint density at radius 3 is 2.79 bits per heavy atom. The third kappa shape index (κ3) is 2.27. The molecule has 0 aromatic carbocycles. The second-order valence-electron chi connectivity index (χ2n) is 4.92. The van der Waals surface area contributed by atoms with E-state index in [1.54, 1.807) is 4.90 Å². The van der Waals surface area contributed by atoms with E-state index in [4.69, 9.17) is 0 Å². The molecule has 0 amide bonds. The Kier molecular flexibility index (Phi) is 3.68. The fraction of sp³-hybridized carbons (Fsp3) is 0.615. The summed E-state index contributed by atoms with van der Waals surface area (Å²) >= 11 is 0. The largest absolute Gasteiger partial charge is 0.481 e. The highest BCUT2D eigenvalue weighted by Gasteiger charge is 2.44. The van der Waals surface area contributed by atoms with Crippen LogP contribution in [0.25, 0.3) is 0 Å². The third-order valence-corrected chi connectivity index (χ3v) is 3.96. The average Bonchev–Trinajstić information content (AvgIpc) is 2.84. The Morgan fingerprint density at radius 2 is 2.26 bits per heavy atom. The van der Waals surface area contributed by atoms with Crippen molar-refractivity contribution in [3.8, 4) is 0 Å². The number of halogens is 1. The number of hydrogen-bond acceptors (Lipinski definition) is 4. The van der Waals surface area contributed by atoms with E-state index in [1.165, 1.54) is 6.33 Å². The zero-order valence-electron chi connectivity index (χ0n) is 11.2. The molecule has 1 unspecified atom stereocenters. The van der Waals surface area contributed by atoms with Gasteiger partial charge in [-0.1, -0.05) is 13.8 Å². The van der Waals surface area contributed by atoms with Gasteiger partial charge in [-0.2, -0.15) is 0 Å². The van der Waals surface area contributed by atoms with Crippen LogP contribution in [0.1, 0.15) is 32.4 Å². The first-order valence-corrected chi connectivity index (χ1v) is 6.51. The molecule has 1 N–H and O–H groups in total. The van der Waals surface area contributed by atoms with Crippen molar-refractivity contribution >= 4 is 11.8 Å². The lowest BCUT2D eigenvalue weighted by molar-refractivity contribution is -0.147. The average molecular weight is 267 g/mol. The lowest BCUT2D eigenvalue weighted by atomic mass is 9.84. The van der Waals surface area contributed by atoms with Crippen molar-refractivity contribution in [2.45, 2.75) is 33.1 Å². The van der Waals surface area contributed by atoms with Gasteiger partial charge in [0.2, 0.25) is 0 Å². The standard InChI is InChI=1S/C13H18FN3O2/c1-3-9-10(14)11(16-8-15-9)17-6-5-13(4-2,7-17)12(18)19/h8H,3-7H2,1-2H3,(H,18,19). The molecule has 0 bridgehead atoms. The second-order valence-corrected chi connectivity index (χ2v) is 4.92. The summed E-state index contributed by atoms with van der Waals surface area (Å²) in [4.78, 5) is 21.0. The predicted octanol–water partition coefficient (Wildman–Crippen LogP) is 1.87. The molecule has 19 heavy (non-hydrogen) atoms. The van der Waals surface area contributed by atoms with Gasteiger partial charge in [0.25, 0.3) is 0 Å². The van der Waals surface area contributed by atoms with Crippen LogP contribution >= 0.6 is 0 Å². The van der Waals surface area contributed by atoms with Gasteiger partial charge in [0.05, 0.1) is 11.1 Å². The summed E-state index contributed by atoms with van der Waals surface area (Å²) in [6.07, 6.45) is 2.88. The quantitative estimate of drug-likeness (QED) is 0.902. The summed E-state index contributed by atoms with van der Waals surface area (Å²) in [7, 11) is 0. The first-order chi connectivity index (χ1) is 9.04. The summed E-state index contributed by atoms with van der Waals surface area (Å²) in [5.41, 5.74) is -0.418. The maximum Gasteiger partial charge on any atom is 0.311 e. The minimum Gasteiger partial charge on any atom is -0.481 e. The highest BCUT2D eigenvalue weighted by Crippen LogP contribution is 2.36. The molecule has 0 saturated carbocycles. The van der Waals surface area contributed by atoms with E-state index in [9.17, 15) is 14.3 Å². The fourth-order valence-corrected chi connectivity index (χ4v) is 2.53. The van der Waals surface area contributed by atoms with Crippen LogP contribution in [0.15, 0.2) is 6.33 Å². The van der Waals surface area contributed by atoms with Gasteiger partial charge in [-0.25, -0.2) is 14.4 Å². The van der Waals surface area contributed by atoms with E-state index < -0.39 is 17.2 Å². The highest BCUT2D eigenvalue weighted by atomic mass is 19.1. The smallest absolute Gasteiger partial charge is 0.311 e. The number of carboxylic acids is 1. The lowest BCUT2D eigenvalue weighted by Crippen LogP contribution is -2.34. The predicted molar refractivity (Wildman–Crippen MR) is 68.6 cm³/mol. The zero-order valence-corrected chi connectivity index (χ0v) is 11.2. The molecule has 1 fully saturated rings. The maximum absolute atomic E-state index is 14.2. The van der Waals surface area contributed by atoms with E-state index in [0.717, 1.165) is 0 Å². The SMILES string of the molecule is CCc1ncnc(N2CCC(CC)(C(=O)O)C2)c1F. The zero-order chi connectivity index (χ0) is 14.0. The van der Waals surface area contributed by atoms with Crippen LogP contribution in [-0.2, 0) is 11.2 Å². The molecule has 2 rings (SSSR count). The number of carboxylic acid groups (broad SMARTS) is 1. The first kappa shape index (κ1) is 13.7. The molecule has 1 aliphatic rings. The topological polar surface area (TPSA) is 66.3 Å². The van der Waals surface area contributed by atoms with E-state index in [2.05, 4.69) is 9.97 Å². The number of carbonyl (C=O) groups is 1. The van der Waals surface area contributed by atoms with Gasteiger partial charge in [0, 0.05) is 13.1 Å². The normalized spacial score (nSPS) is 22.8. The minimum atomic E-state index is -0.817. The lowest BCUT2D eigenvalue weighted by Gasteiger charge is -2.23. The van der Waals surface area contributed by atoms with Gasteiger partial charge in [-0.3, -0.25) is 4.79 Å². The van der Waals surface area contributed by atoms with E-state index in [-0.39, 0.29) is 5.82 Å². The van der Waals surface area contributed by atoms with Crippen molar-refractivity contribution in [1.82, 2.24) is 9.97 Å². The van der Waals surface area contributed by atoms with Crippen molar-refractivity contribution in [3.63, 3.8) is 0 Å². The summed E-state index contributed by atoms with van der Waals surface area (Å²) in [6, 6.07) is 0. The molecule has 1 saturated heterocycles. The molecule has 5 nitrogen and oxygen atoms in total. The van der Waals surface area contributed by atoms with Gasteiger partial charge < -0.3 is 10.0 Å². The van der Waals surface area contributed by atoms with E-state index in [1.807, 2.05) is 13.8 Å². The summed E-state index contributed by atoms with van der Waals surface area (Å²) in [5, 5.41) is 9.35. The van der Waals surface area contributed by atoms with E-state index >= 15 is 0 Å². The Bertz CT molecular complexity index is 495. The molecule has 1 aromatic rings.